The van der Waals surface area contributed by atoms with Crippen LogP contribution in [0.5, 0.6) is 0 Å². The molecular weight excluding hydrogens is 680 g/mol. The highest BCUT2D eigenvalue weighted by Crippen LogP contribution is 2.61. The number of carbonyl (C=O) groups excluding carboxylic acids is 1. The van der Waals surface area contributed by atoms with Crippen LogP contribution in [0, 0.1) is 35.0 Å². The predicted molar refractivity (Wildman–Crippen MR) is 199 cm³/mol. The Labute approximate surface area is 303 Å². The van der Waals surface area contributed by atoms with Crippen LogP contribution in [0.4, 0.5) is 0 Å². The van der Waals surface area contributed by atoms with Crippen molar-refractivity contribution in [2.24, 2.45) is 35.0 Å². The average molecular weight is 742 g/mol. The van der Waals surface area contributed by atoms with Gasteiger partial charge in [0.1, 0.15) is 12.1 Å². The number of halogens is 1. The Morgan fingerprint density at radius 3 is 2.41 bits per heavy atom. The summed E-state index contributed by atoms with van der Waals surface area (Å²) in [4.78, 5) is 25.3. The third-order valence-corrected chi connectivity index (χ3v) is 12.7. The second-order valence-corrected chi connectivity index (χ2v) is 17.5. The number of hydroxylamine groups is 2. The molecule has 1 amide bonds. The number of aliphatic hydroxyl groups is 2. The fourth-order valence-electron chi connectivity index (χ4n) is 9.19. The smallest absolute Gasteiger partial charge is 0.240 e. The van der Waals surface area contributed by atoms with Gasteiger partial charge in [-0.1, -0.05) is 93.0 Å². The summed E-state index contributed by atoms with van der Waals surface area (Å²) in [6.07, 6.45) is 1.84. The van der Waals surface area contributed by atoms with Crippen LogP contribution in [-0.4, -0.2) is 88.6 Å². The first-order valence-corrected chi connectivity index (χ1v) is 19.2. The highest BCUT2D eigenvalue weighted by atomic mass is 79.9. The summed E-state index contributed by atoms with van der Waals surface area (Å²) in [5.41, 5.74) is 3.81. The second-order valence-electron chi connectivity index (χ2n) is 16.6. The fraction of sp³-hybridized carbons (Fsp3) is 0.675. The van der Waals surface area contributed by atoms with Gasteiger partial charge in [-0.2, -0.15) is 5.06 Å². The van der Waals surface area contributed by atoms with Gasteiger partial charge in [-0.15, -0.1) is 0 Å². The zero-order chi connectivity index (χ0) is 35.6. The number of likely N-dealkylation sites (N-methyl/N-ethyl adjacent to an activating group) is 1. The van der Waals surface area contributed by atoms with E-state index in [2.05, 4.69) is 128 Å². The first-order valence-electron chi connectivity index (χ1n) is 18.4. The molecule has 9 atom stereocenters. The number of nitrogens with zero attached hydrogens (tertiary/aromatic N) is 3. The van der Waals surface area contributed by atoms with Gasteiger partial charge < -0.3 is 20.4 Å². The highest BCUT2D eigenvalue weighted by Gasteiger charge is 2.57. The molecule has 0 spiro atoms. The molecule has 1 heterocycles. The molecule has 49 heavy (non-hydrogen) atoms. The number of hydrogen-bond donors (Lipinski definition) is 3. The third-order valence-electron chi connectivity index (χ3n) is 11.9. The van der Waals surface area contributed by atoms with E-state index in [1.54, 1.807) is 12.0 Å². The van der Waals surface area contributed by atoms with E-state index in [9.17, 15) is 15.0 Å². The Hall–Kier alpha value is -1.85. The molecule has 272 valence electrons. The molecule has 1 aliphatic heterocycles. The van der Waals surface area contributed by atoms with Crippen LogP contribution >= 0.6 is 15.9 Å². The van der Waals surface area contributed by atoms with Crippen LogP contribution in [0.2, 0.25) is 0 Å². The molecule has 3 aliphatic carbocycles. The van der Waals surface area contributed by atoms with Gasteiger partial charge in [-0.25, -0.2) is 0 Å². The van der Waals surface area contributed by atoms with Crippen LogP contribution in [0.25, 0.3) is 0 Å². The molecule has 1 saturated heterocycles. The molecule has 2 unspecified atom stereocenters. The normalized spacial score (nSPS) is 29.3. The Bertz CT molecular complexity index is 1390. The summed E-state index contributed by atoms with van der Waals surface area (Å²) >= 11 is 3.78. The minimum atomic E-state index is -0.819. The lowest BCUT2D eigenvalue weighted by Crippen LogP contribution is -2.62. The van der Waals surface area contributed by atoms with Crippen LogP contribution in [0.3, 0.4) is 0 Å². The summed E-state index contributed by atoms with van der Waals surface area (Å²) in [7, 11) is 4.29. The topological polar surface area (TPSA) is 88.5 Å². The van der Waals surface area contributed by atoms with Crippen LogP contribution < -0.4 is 5.32 Å². The lowest BCUT2D eigenvalue weighted by atomic mass is 9.45. The molecule has 2 aromatic rings. The van der Waals surface area contributed by atoms with Crippen molar-refractivity contribution in [3.63, 3.8) is 0 Å². The Morgan fingerprint density at radius 1 is 1.08 bits per heavy atom. The Balaban J connectivity index is 1.36. The van der Waals surface area contributed by atoms with Crippen molar-refractivity contribution in [3.8, 4) is 0 Å². The summed E-state index contributed by atoms with van der Waals surface area (Å²) in [5.74, 6) is 1.52. The first kappa shape index (κ1) is 38.4. The molecule has 4 aliphatic rings. The molecule has 2 bridgehead atoms. The number of hydrogen-bond acceptors (Lipinski definition) is 7. The Morgan fingerprint density at radius 2 is 1.80 bits per heavy atom. The first-order chi connectivity index (χ1) is 23.2. The maximum atomic E-state index is 14.1. The molecule has 9 heteroatoms. The van der Waals surface area contributed by atoms with Crippen molar-refractivity contribution in [2.45, 2.75) is 111 Å². The minimum Gasteiger partial charge on any atom is -0.394 e. The van der Waals surface area contributed by atoms with Crippen molar-refractivity contribution in [1.29, 1.82) is 0 Å². The summed E-state index contributed by atoms with van der Waals surface area (Å²) in [6, 6.07) is 16.8. The maximum absolute atomic E-state index is 14.1. The molecule has 0 radical (unpaired) electrons. The number of amides is 1. The van der Waals surface area contributed by atoms with Gasteiger partial charge in [0.15, 0.2) is 0 Å². The van der Waals surface area contributed by atoms with Crippen molar-refractivity contribution < 1.29 is 19.8 Å². The van der Waals surface area contributed by atoms with Crippen molar-refractivity contribution >= 4 is 21.8 Å². The van der Waals surface area contributed by atoms with E-state index in [-0.39, 0.29) is 18.6 Å². The SMILES string of the molecule is CC(C)C[C@@H](CN(C)C)N(Cc1cccc(CN2O[C@@H](CO)[C@@H]([C@H](C)O)[C@H]2C(=O)N[C@H]2CC3CC([C@H]2C)C3(C)C)c1)Cc1ccccc1Br. The summed E-state index contributed by atoms with van der Waals surface area (Å²) in [6.45, 7) is 16.0. The predicted octanol–water partition coefficient (Wildman–Crippen LogP) is 6.09. The van der Waals surface area contributed by atoms with Crippen LogP contribution in [0.15, 0.2) is 53.0 Å². The zero-order valence-electron chi connectivity index (χ0n) is 31.0. The second kappa shape index (κ2) is 16.2. The lowest BCUT2D eigenvalue weighted by Gasteiger charge is -2.62. The van der Waals surface area contributed by atoms with E-state index in [1.807, 2.05) is 0 Å². The number of rotatable bonds is 15. The van der Waals surface area contributed by atoms with Crippen molar-refractivity contribution in [3.05, 3.63) is 69.7 Å². The molecule has 6 rings (SSSR count). The minimum absolute atomic E-state index is 0.105. The zero-order valence-corrected chi connectivity index (χ0v) is 32.6. The van der Waals surface area contributed by atoms with Crippen molar-refractivity contribution in [2.75, 3.05) is 27.2 Å². The Kier molecular flexibility index (Phi) is 12.7. The molecule has 3 saturated carbocycles. The van der Waals surface area contributed by atoms with E-state index in [1.165, 1.54) is 17.5 Å². The molecule has 4 fully saturated rings. The van der Waals surface area contributed by atoms with E-state index >= 15 is 0 Å². The third kappa shape index (κ3) is 8.79. The number of carbonyl (C=O) groups is 1. The largest absolute Gasteiger partial charge is 0.394 e. The number of benzene rings is 2. The quantitative estimate of drug-likeness (QED) is 0.204. The molecule has 8 nitrogen and oxygen atoms in total. The molecule has 3 N–H and O–H groups in total. The number of fused-ring (bicyclic) bond motifs is 2. The van der Waals surface area contributed by atoms with Crippen LogP contribution in [0.1, 0.15) is 77.5 Å². The highest BCUT2D eigenvalue weighted by molar-refractivity contribution is 9.10. The van der Waals surface area contributed by atoms with Gasteiger partial charge in [-0.3, -0.25) is 14.5 Å². The number of nitrogens with one attached hydrogen (secondary N) is 1. The summed E-state index contributed by atoms with van der Waals surface area (Å²) < 4.78 is 1.12. The van der Waals surface area contributed by atoms with Gasteiger partial charge in [0.25, 0.3) is 0 Å². The maximum Gasteiger partial charge on any atom is 0.240 e. The van der Waals surface area contributed by atoms with Gasteiger partial charge in [0.05, 0.1) is 19.3 Å². The van der Waals surface area contributed by atoms with Gasteiger partial charge in [0.2, 0.25) is 5.91 Å². The van der Waals surface area contributed by atoms with Crippen molar-refractivity contribution in [1.82, 2.24) is 20.2 Å². The average Bonchev–Trinajstić information content (AvgIpc) is 3.40. The van der Waals surface area contributed by atoms with Gasteiger partial charge in [-0.05, 0) is 92.1 Å². The van der Waals surface area contributed by atoms with Gasteiger partial charge >= 0.3 is 0 Å². The standard InChI is InChI=1S/C40H61BrN4O4/c1-25(2)16-32(23-43(7)8)44(22-30-14-9-10-15-34(30)41)20-28-12-11-13-29(17-28)21-45-38(37(27(4)47)36(24-46)49-45)39(48)42-35-19-31-18-33(26(35)3)40(31,5)6/h9-15,17,25-27,31-33,35-38,46-47H,16,18-24H2,1-8H3,(H,42,48)/t26-,27+,31?,32+,33?,35+,36+,37-,38+/m1/s1. The van der Waals surface area contributed by atoms with Crippen LogP contribution in [-0.2, 0) is 29.3 Å². The van der Waals surface area contributed by atoms with E-state index < -0.39 is 24.2 Å². The summed E-state index contributed by atoms with van der Waals surface area (Å²) in [5, 5.41) is 26.3. The fourth-order valence-corrected chi connectivity index (χ4v) is 9.60. The van der Waals surface area contributed by atoms with E-state index in [0.717, 1.165) is 42.5 Å². The van der Waals surface area contributed by atoms with E-state index in [4.69, 9.17) is 4.84 Å². The van der Waals surface area contributed by atoms with Gasteiger partial charge in [0, 0.05) is 42.1 Å². The number of aliphatic hydroxyl groups excluding tert-OH is 2. The van der Waals surface area contributed by atoms with E-state index in [0.29, 0.717) is 41.7 Å². The molecular formula is C40H61BrN4O4. The molecule has 2 aromatic carbocycles. The monoisotopic (exact) mass is 740 g/mol. The lowest BCUT2D eigenvalue weighted by molar-refractivity contribution is -0.183. The molecule has 0 aromatic heterocycles.